The average Bonchev–Trinajstić information content (AvgIpc) is 3.60. The van der Waals surface area contributed by atoms with Gasteiger partial charge in [0, 0.05) is 32.5 Å². The van der Waals surface area contributed by atoms with Gasteiger partial charge >= 0.3 is 6.01 Å². The van der Waals surface area contributed by atoms with E-state index in [1.165, 1.54) is 23.6 Å². The normalized spacial score (nSPS) is 22.1. The molecule has 5 rings (SSSR count). The van der Waals surface area contributed by atoms with E-state index in [1.807, 2.05) is 0 Å². The van der Waals surface area contributed by atoms with Crippen molar-refractivity contribution in [3.63, 3.8) is 0 Å². The van der Waals surface area contributed by atoms with Crippen LogP contribution in [0.1, 0.15) is 29.6 Å². The molecule has 0 saturated heterocycles. The maximum atomic E-state index is 13.0. The summed E-state index contributed by atoms with van der Waals surface area (Å²) < 4.78 is 12.3. The Morgan fingerprint density at radius 2 is 2.24 bits per heavy atom. The topological polar surface area (TPSA) is 142 Å². The summed E-state index contributed by atoms with van der Waals surface area (Å²) in [5.74, 6) is 0.816. The van der Waals surface area contributed by atoms with Crippen LogP contribution in [0.2, 0.25) is 0 Å². The van der Waals surface area contributed by atoms with Gasteiger partial charge < -0.3 is 30.2 Å². The van der Waals surface area contributed by atoms with Crippen molar-refractivity contribution >= 4 is 29.2 Å². The lowest BCUT2D eigenvalue weighted by Gasteiger charge is -2.28. The molecule has 34 heavy (non-hydrogen) atoms. The SMILES string of the molecule is CNc1cc(NC2=CC=CN(c3ncco3)C2O)nc2c(C(=O)N[C@H]3CC[C@H](OC)C3)cnn12. The Kier molecular flexibility index (Phi) is 5.90. The van der Waals surface area contributed by atoms with Crippen molar-refractivity contribution in [1.82, 2.24) is 24.9 Å². The summed E-state index contributed by atoms with van der Waals surface area (Å²) in [6.07, 6.45) is 11.3. The highest BCUT2D eigenvalue weighted by Gasteiger charge is 2.28. The molecule has 12 nitrogen and oxygen atoms in total. The number of ether oxygens (including phenoxy) is 1. The maximum absolute atomic E-state index is 13.0. The summed E-state index contributed by atoms with van der Waals surface area (Å²) in [4.78, 5) is 23.2. The predicted octanol–water partition coefficient (Wildman–Crippen LogP) is 1.70. The second kappa shape index (κ2) is 9.15. The van der Waals surface area contributed by atoms with Gasteiger partial charge in [0.2, 0.25) is 0 Å². The Bertz CT molecular complexity index is 1240. The first kappa shape index (κ1) is 21.9. The molecule has 1 saturated carbocycles. The van der Waals surface area contributed by atoms with Gasteiger partial charge in [-0.1, -0.05) is 0 Å². The van der Waals surface area contributed by atoms with E-state index >= 15 is 0 Å². The fraction of sp³-hybridized carbons (Fsp3) is 0.364. The molecule has 0 radical (unpaired) electrons. The molecule has 1 amide bonds. The molecule has 4 heterocycles. The van der Waals surface area contributed by atoms with Crippen LogP contribution in [0.3, 0.4) is 0 Å². The molecule has 0 aromatic carbocycles. The highest BCUT2D eigenvalue weighted by Crippen LogP contribution is 2.26. The van der Waals surface area contributed by atoms with E-state index in [0.29, 0.717) is 28.5 Å². The minimum Gasteiger partial charge on any atom is -0.432 e. The summed E-state index contributed by atoms with van der Waals surface area (Å²) in [6.45, 7) is 0. The molecule has 3 atom stereocenters. The third kappa shape index (κ3) is 4.08. The smallest absolute Gasteiger partial charge is 0.303 e. The number of methoxy groups -OCH3 is 1. The fourth-order valence-corrected chi connectivity index (χ4v) is 4.24. The summed E-state index contributed by atoms with van der Waals surface area (Å²) in [5.41, 5.74) is 1.21. The average molecular weight is 467 g/mol. The minimum atomic E-state index is -1.07. The fourth-order valence-electron chi connectivity index (χ4n) is 4.24. The number of allylic oxidation sites excluding steroid dienone is 2. The van der Waals surface area contributed by atoms with Gasteiger partial charge in [-0.3, -0.25) is 9.69 Å². The number of aliphatic hydroxyl groups excluding tert-OH is 1. The largest absolute Gasteiger partial charge is 0.432 e. The van der Waals surface area contributed by atoms with E-state index in [2.05, 4.69) is 31.0 Å². The second-order valence-corrected chi connectivity index (χ2v) is 8.10. The van der Waals surface area contributed by atoms with Crippen LogP contribution in [0.5, 0.6) is 0 Å². The predicted molar refractivity (Wildman–Crippen MR) is 124 cm³/mol. The number of carbonyl (C=O) groups is 1. The number of hydrogen-bond acceptors (Lipinski definition) is 10. The number of amides is 1. The van der Waals surface area contributed by atoms with E-state index in [9.17, 15) is 9.90 Å². The van der Waals surface area contributed by atoms with Crippen molar-refractivity contribution in [2.75, 3.05) is 29.7 Å². The molecule has 4 N–H and O–H groups in total. The maximum Gasteiger partial charge on any atom is 0.303 e. The van der Waals surface area contributed by atoms with Crippen LogP contribution in [0, 0.1) is 0 Å². The molecule has 178 valence electrons. The number of nitrogens with zero attached hydrogens (tertiary/aromatic N) is 5. The minimum absolute atomic E-state index is 0.0491. The zero-order valence-electron chi connectivity index (χ0n) is 18.8. The second-order valence-electron chi connectivity index (χ2n) is 8.10. The van der Waals surface area contributed by atoms with Crippen LogP contribution in [0.15, 0.2) is 53.2 Å². The zero-order valence-corrected chi connectivity index (χ0v) is 18.8. The van der Waals surface area contributed by atoms with Crippen LogP contribution in [0.25, 0.3) is 5.65 Å². The zero-order chi connectivity index (χ0) is 23.7. The number of rotatable bonds is 7. The van der Waals surface area contributed by atoms with Crippen molar-refractivity contribution < 1.29 is 19.1 Å². The van der Waals surface area contributed by atoms with Crippen LogP contribution in [-0.4, -0.2) is 63.1 Å². The number of carbonyl (C=O) groups excluding carboxylic acids is 1. The van der Waals surface area contributed by atoms with Gasteiger partial charge in [0.05, 0.1) is 24.2 Å². The molecule has 2 aliphatic rings. The third-order valence-electron chi connectivity index (χ3n) is 6.00. The van der Waals surface area contributed by atoms with Gasteiger partial charge in [0.15, 0.2) is 11.9 Å². The van der Waals surface area contributed by atoms with Gasteiger partial charge in [0.25, 0.3) is 5.91 Å². The standard InChI is InChI=1S/C22H26N8O4/c1-23-18-11-17(27-16-4-3-8-29(21(16)32)22-24-7-9-34-22)28-19-15(12-25-30(18)19)20(31)26-13-5-6-14(10-13)33-2/h3-4,7-9,11-14,21,23,32H,5-6,10H2,1-2H3,(H,26,31)(H,27,28)/t13-,14-,21?/m0/s1. The lowest BCUT2D eigenvalue weighted by atomic mass is 10.2. The van der Waals surface area contributed by atoms with Crippen molar-refractivity contribution in [1.29, 1.82) is 0 Å². The van der Waals surface area contributed by atoms with E-state index in [1.54, 1.807) is 43.1 Å². The molecule has 3 aromatic heterocycles. The van der Waals surface area contributed by atoms with Crippen molar-refractivity contribution in [2.45, 2.75) is 37.6 Å². The number of hydrogen-bond donors (Lipinski definition) is 4. The van der Waals surface area contributed by atoms with Crippen molar-refractivity contribution in [2.24, 2.45) is 0 Å². The Labute approximate surface area is 195 Å². The monoisotopic (exact) mass is 466 g/mol. The molecule has 1 unspecified atom stereocenters. The van der Waals surface area contributed by atoms with Gasteiger partial charge in [-0.25, -0.2) is 9.97 Å². The highest BCUT2D eigenvalue weighted by molar-refractivity contribution is 6.00. The van der Waals surface area contributed by atoms with Crippen LogP contribution >= 0.6 is 0 Å². The van der Waals surface area contributed by atoms with Gasteiger partial charge in [-0.05, 0) is 31.4 Å². The van der Waals surface area contributed by atoms with Crippen LogP contribution in [-0.2, 0) is 4.74 Å². The Morgan fingerprint density at radius 1 is 1.35 bits per heavy atom. The lowest BCUT2D eigenvalue weighted by Crippen LogP contribution is -2.36. The molecular formula is C22H26N8O4. The van der Waals surface area contributed by atoms with E-state index in [-0.39, 0.29) is 24.1 Å². The summed E-state index contributed by atoms with van der Waals surface area (Å²) >= 11 is 0. The molecule has 12 heteroatoms. The van der Waals surface area contributed by atoms with E-state index < -0.39 is 6.23 Å². The van der Waals surface area contributed by atoms with Gasteiger partial charge in [-0.2, -0.15) is 9.61 Å². The number of nitrogens with one attached hydrogen (secondary N) is 3. The van der Waals surface area contributed by atoms with Crippen molar-refractivity contribution in [3.05, 3.63) is 54.3 Å². The number of oxazole rings is 1. The van der Waals surface area contributed by atoms with Crippen LogP contribution in [0.4, 0.5) is 17.7 Å². The number of anilines is 3. The Hall–Kier alpha value is -3.90. The molecule has 0 spiro atoms. The molecule has 1 aliphatic carbocycles. The summed E-state index contributed by atoms with van der Waals surface area (Å²) in [6, 6.07) is 2.05. The number of fused-ring (bicyclic) bond motifs is 1. The number of aliphatic hydroxyl groups is 1. The quantitative estimate of drug-likeness (QED) is 0.406. The summed E-state index contributed by atoms with van der Waals surface area (Å²) in [5, 5.41) is 24.4. The first-order chi connectivity index (χ1) is 16.6. The van der Waals surface area contributed by atoms with Gasteiger partial charge in [-0.15, -0.1) is 0 Å². The number of aromatic nitrogens is 4. The Morgan fingerprint density at radius 3 is 2.97 bits per heavy atom. The van der Waals surface area contributed by atoms with Crippen LogP contribution < -0.4 is 20.9 Å². The van der Waals surface area contributed by atoms with Gasteiger partial charge in [0.1, 0.15) is 23.5 Å². The Balaban J connectivity index is 1.40. The molecule has 0 bridgehead atoms. The first-order valence-electron chi connectivity index (χ1n) is 11.0. The van der Waals surface area contributed by atoms with Crippen molar-refractivity contribution in [3.8, 4) is 0 Å². The van der Waals surface area contributed by atoms with E-state index in [4.69, 9.17) is 9.15 Å². The molecular weight excluding hydrogens is 440 g/mol. The summed E-state index contributed by atoms with van der Waals surface area (Å²) in [7, 11) is 3.45. The molecule has 1 aliphatic heterocycles. The lowest BCUT2D eigenvalue weighted by molar-refractivity contribution is 0.0916. The third-order valence-corrected chi connectivity index (χ3v) is 6.00. The first-order valence-corrected chi connectivity index (χ1v) is 11.0. The molecule has 3 aromatic rings. The highest BCUT2D eigenvalue weighted by atomic mass is 16.5. The van der Waals surface area contributed by atoms with E-state index in [0.717, 1.165) is 19.3 Å². The molecule has 1 fully saturated rings.